The van der Waals surface area contributed by atoms with Crippen LogP contribution < -0.4 is 10.4 Å². The van der Waals surface area contributed by atoms with Gasteiger partial charge in [-0.2, -0.15) is 0 Å². The topological polar surface area (TPSA) is 45.9 Å². The molecule has 2 saturated heterocycles. The predicted octanol–water partition coefficient (Wildman–Crippen LogP) is 2.43. The molecule has 0 N–H and O–H groups in total. The molecule has 2 aromatic rings. The van der Waals surface area contributed by atoms with Crippen molar-refractivity contribution in [2.75, 3.05) is 26.7 Å². The molecule has 1 aromatic heterocycles. The molecule has 2 aliphatic rings. The van der Waals surface area contributed by atoms with E-state index in [4.69, 9.17) is 9.15 Å². The first-order chi connectivity index (χ1) is 11.2. The average Bonchev–Trinajstić information content (AvgIpc) is 3.03. The molecule has 4 rings (SSSR count). The molecule has 2 aliphatic heterocycles. The van der Waals surface area contributed by atoms with Crippen LogP contribution in [0.15, 0.2) is 33.5 Å². The molecule has 0 spiro atoms. The van der Waals surface area contributed by atoms with Crippen LogP contribution in [0.25, 0.3) is 11.0 Å². The van der Waals surface area contributed by atoms with E-state index in [0.717, 1.165) is 24.0 Å². The Kier molecular flexibility index (Phi) is 3.83. The maximum Gasteiger partial charge on any atom is 0.336 e. The zero-order chi connectivity index (χ0) is 15.8. The molecule has 1 aromatic carbocycles. The zero-order valence-corrected chi connectivity index (χ0v) is 13.5. The molecule has 1 atom stereocenters. The highest BCUT2D eigenvalue weighted by atomic mass is 16.5. The third-order valence-corrected chi connectivity index (χ3v) is 5.05. The van der Waals surface area contributed by atoms with Crippen LogP contribution in [0, 0.1) is 0 Å². The fourth-order valence-corrected chi connectivity index (χ4v) is 3.98. The lowest BCUT2D eigenvalue weighted by molar-refractivity contribution is 0.0289. The van der Waals surface area contributed by atoms with Gasteiger partial charge in [0.05, 0.1) is 13.3 Å². The largest absolute Gasteiger partial charge is 0.497 e. The first-order valence-electron chi connectivity index (χ1n) is 8.33. The summed E-state index contributed by atoms with van der Waals surface area (Å²) in [6, 6.07) is 7.34. The van der Waals surface area contributed by atoms with E-state index in [1.807, 2.05) is 12.1 Å². The number of fused-ring (bicyclic) bond motifs is 2. The normalized spacial score (nSPS) is 22.4. The van der Waals surface area contributed by atoms with Crippen molar-refractivity contribution in [1.29, 1.82) is 0 Å². The van der Waals surface area contributed by atoms with Gasteiger partial charge >= 0.3 is 5.63 Å². The fraction of sp³-hybridized carbons (Fsp3) is 0.500. The van der Waals surface area contributed by atoms with Crippen molar-refractivity contribution in [3.05, 3.63) is 40.2 Å². The number of methoxy groups -OCH3 is 1. The van der Waals surface area contributed by atoms with Gasteiger partial charge in [0.25, 0.3) is 0 Å². The van der Waals surface area contributed by atoms with Crippen molar-refractivity contribution in [2.45, 2.75) is 32.0 Å². The van der Waals surface area contributed by atoms with Crippen molar-refractivity contribution < 1.29 is 9.15 Å². The second kappa shape index (κ2) is 5.98. The Morgan fingerprint density at radius 3 is 2.96 bits per heavy atom. The number of benzene rings is 1. The van der Waals surface area contributed by atoms with Gasteiger partial charge in [0.2, 0.25) is 0 Å². The van der Waals surface area contributed by atoms with Crippen LogP contribution in [0.1, 0.15) is 24.8 Å². The highest BCUT2D eigenvalue weighted by Gasteiger charge is 2.32. The predicted molar refractivity (Wildman–Crippen MR) is 88.7 cm³/mol. The molecule has 3 heterocycles. The molecule has 0 saturated carbocycles. The van der Waals surface area contributed by atoms with E-state index < -0.39 is 0 Å². The Morgan fingerprint density at radius 1 is 1.22 bits per heavy atom. The summed E-state index contributed by atoms with van der Waals surface area (Å²) in [6.07, 6.45) is 4.23. The molecule has 0 aliphatic carbocycles. The lowest BCUT2D eigenvalue weighted by Crippen LogP contribution is -2.49. The highest BCUT2D eigenvalue weighted by molar-refractivity contribution is 5.81. The molecule has 0 bridgehead atoms. The zero-order valence-electron chi connectivity index (χ0n) is 13.5. The van der Waals surface area contributed by atoms with Gasteiger partial charge in [0, 0.05) is 37.2 Å². The second-order valence-electron chi connectivity index (χ2n) is 6.44. The third-order valence-electron chi connectivity index (χ3n) is 5.05. The van der Waals surface area contributed by atoms with Crippen LogP contribution in [-0.2, 0) is 6.54 Å². The minimum absolute atomic E-state index is 0.291. The summed E-state index contributed by atoms with van der Waals surface area (Å²) in [6.45, 7) is 4.31. The van der Waals surface area contributed by atoms with E-state index in [9.17, 15) is 4.79 Å². The molecule has 5 nitrogen and oxygen atoms in total. The van der Waals surface area contributed by atoms with Gasteiger partial charge in [-0.15, -0.1) is 0 Å². The maximum atomic E-state index is 11.9. The molecular weight excluding hydrogens is 292 g/mol. The van der Waals surface area contributed by atoms with Crippen LogP contribution in [-0.4, -0.2) is 42.7 Å². The summed E-state index contributed by atoms with van der Waals surface area (Å²) in [5.41, 5.74) is 1.36. The summed E-state index contributed by atoms with van der Waals surface area (Å²) in [7, 11) is 1.62. The molecule has 0 radical (unpaired) electrons. The monoisotopic (exact) mass is 314 g/mol. The Balaban J connectivity index is 1.69. The van der Waals surface area contributed by atoms with Crippen molar-refractivity contribution in [1.82, 2.24) is 9.80 Å². The fourth-order valence-electron chi connectivity index (χ4n) is 3.98. The van der Waals surface area contributed by atoms with Gasteiger partial charge in [-0.05, 0) is 43.5 Å². The Hall–Kier alpha value is -1.85. The highest BCUT2D eigenvalue weighted by Crippen LogP contribution is 2.29. The molecule has 2 fully saturated rings. The summed E-state index contributed by atoms with van der Waals surface area (Å²) >= 11 is 0. The van der Waals surface area contributed by atoms with Crippen LogP contribution in [0.2, 0.25) is 0 Å². The Labute approximate surface area is 135 Å². The maximum absolute atomic E-state index is 11.9. The van der Waals surface area contributed by atoms with Crippen LogP contribution in [0.5, 0.6) is 5.75 Å². The number of rotatable bonds is 3. The Morgan fingerprint density at radius 2 is 2.09 bits per heavy atom. The quantitative estimate of drug-likeness (QED) is 0.814. The first-order valence-corrected chi connectivity index (χ1v) is 8.33. The van der Waals surface area contributed by atoms with Crippen molar-refractivity contribution in [2.24, 2.45) is 0 Å². The molecular formula is C18H22N2O3. The lowest BCUT2D eigenvalue weighted by atomic mass is 10.1. The van der Waals surface area contributed by atoms with E-state index in [-0.39, 0.29) is 5.63 Å². The summed E-state index contributed by atoms with van der Waals surface area (Å²) in [4.78, 5) is 17.0. The number of hydrogen-bond donors (Lipinski definition) is 0. The average molecular weight is 314 g/mol. The number of nitrogens with zero attached hydrogens (tertiary/aromatic N) is 2. The van der Waals surface area contributed by atoms with Crippen LogP contribution >= 0.6 is 0 Å². The van der Waals surface area contributed by atoms with Gasteiger partial charge in [0.1, 0.15) is 11.3 Å². The summed E-state index contributed by atoms with van der Waals surface area (Å²) in [5, 5.41) is 1.00. The van der Waals surface area contributed by atoms with Crippen molar-refractivity contribution >= 4 is 11.0 Å². The molecule has 122 valence electrons. The lowest BCUT2D eigenvalue weighted by Gasteiger charge is -2.40. The number of hydrogen-bond acceptors (Lipinski definition) is 5. The summed E-state index contributed by atoms with van der Waals surface area (Å²) in [5.74, 6) is 0.706. The minimum atomic E-state index is -0.291. The van der Waals surface area contributed by atoms with E-state index >= 15 is 0 Å². The third kappa shape index (κ3) is 2.75. The summed E-state index contributed by atoms with van der Waals surface area (Å²) < 4.78 is 10.6. The number of ether oxygens (including phenoxy) is 1. The van der Waals surface area contributed by atoms with Crippen LogP contribution in [0.3, 0.4) is 0 Å². The van der Waals surface area contributed by atoms with Gasteiger partial charge in [-0.3, -0.25) is 9.80 Å². The van der Waals surface area contributed by atoms with Crippen molar-refractivity contribution in [3.8, 4) is 5.75 Å². The van der Waals surface area contributed by atoms with E-state index in [1.165, 1.54) is 32.4 Å². The first kappa shape index (κ1) is 14.7. The van der Waals surface area contributed by atoms with Gasteiger partial charge in [-0.25, -0.2) is 4.79 Å². The Bertz CT molecular complexity index is 770. The van der Waals surface area contributed by atoms with Gasteiger partial charge in [0.15, 0.2) is 0 Å². The van der Waals surface area contributed by atoms with Gasteiger partial charge < -0.3 is 9.15 Å². The van der Waals surface area contributed by atoms with Crippen molar-refractivity contribution in [3.63, 3.8) is 0 Å². The van der Waals surface area contributed by atoms with E-state index in [2.05, 4.69) is 9.80 Å². The van der Waals surface area contributed by atoms with Gasteiger partial charge in [-0.1, -0.05) is 0 Å². The standard InChI is InChI=1S/C18H22N2O3/c1-22-14-5-6-15-13(10-18(21)23-16(15)11-14)12-20-9-3-8-19-7-2-4-17(19)20/h5-6,10-11,17H,2-4,7-9,12H2,1H3. The second-order valence-corrected chi connectivity index (χ2v) is 6.44. The minimum Gasteiger partial charge on any atom is -0.497 e. The molecule has 1 unspecified atom stereocenters. The molecule has 23 heavy (non-hydrogen) atoms. The smallest absolute Gasteiger partial charge is 0.336 e. The van der Waals surface area contributed by atoms with E-state index in [1.54, 1.807) is 19.2 Å². The molecule has 0 amide bonds. The van der Waals surface area contributed by atoms with Crippen LogP contribution in [0.4, 0.5) is 0 Å². The van der Waals surface area contributed by atoms with E-state index in [0.29, 0.717) is 17.5 Å². The molecule has 5 heteroatoms. The SMILES string of the molecule is COc1ccc2c(CN3CCCN4CCCC43)cc(=O)oc2c1.